The Morgan fingerprint density at radius 1 is 1.19 bits per heavy atom. The Kier molecular flexibility index (Phi) is 5.25. The molecule has 5 nitrogen and oxygen atoms in total. The fourth-order valence-electron chi connectivity index (χ4n) is 3.52. The van der Waals surface area contributed by atoms with E-state index < -0.39 is 30.2 Å². The Bertz CT molecular complexity index is 702. The second-order valence-electron chi connectivity index (χ2n) is 6.74. The highest BCUT2D eigenvalue weighted by Crippen LogP contribution is 2.30. The summed E-state index contributed by atoms with van der Waals surface area (Å²) in [6.45, 7) is 4.82. The molecule has 2 aliphatic heterocycles. The van der Waals surface area contributed by atoms with E-state index in [4.69, 9.17) is 0 Å². The molecule has 140 valence electrons. The number of anilines is 1. The number of likely N-dealkylation sites (tertiary alicyclic amines) is 1. The molecule has 0 unspecified atom stereocenters. The van der Waals surface area contributed by atoms with Crippen molar-refractivity contribution in [3.05, 3.63) is 42.5 Å². The fourth-order valence-corrected chi connectivity index (χ4v) is 3.52. The topological polar surface area (TPSA) is 52.7 Å². The molecule has 0 bridgehead atoms. The second-order valence-corrected chi connectivity index (χ2v) is 6.74. The van der Waals surface area contributed by atoms with Gasteiger partial charge in [-0.1, -0.05) is 18.7 Å². The molecule has 26 heavy (non-hydrogen) atoms. The minimum atomic E-state index is -3.06. The van der Waals surface area contributed by atoms with Gasteiger partial charge in [0.15, 0.2) is 0 Å². The minimum Gasteiger partial charge on any atom is -0.371 e. The van der Waals surface area contributed by atoms with Crippen molar-refractivity contribution >= 4 is 17.5 Å². The molecule has 3 rings (SSSR count). The van der Waals surface area contributed by atoms with Gasteiger partial charge in [-0.3, -0.25) is 9.59 Å². The summed E-state index contributed by atoms with van der Waals surface area (Å²) in [6, 6.07) is 5.63. The minimum absolute atomic E-state index is 0.0470. The van der Waals surface area contributed by atoms with E-state index in [0.29, 0.717) is 5.56 Å². The standard InChI is InChI=1S/C19H23F2N3O2/c1-2-17(25)24-12-9-19(20,21)16(13-24)22-18(26)14-7-3-4-8-15(14)23-10-5-6-11-23/h2-4,7-8,16H,1,5-6,9-13H2,(H,22,26)/t16-/m1/s1. The van der Waals surface area contributed by atoms with Crippen LogP contribution >= 0.6 is 0 Å². The van der Waals surface area contributed by atoms with Crippen LogP contribution in [0.15, 0.2) is 36.9 Å². The molecule has 1 aromatic carbocycles. The van der Waals surface area contributed by atoms with Crippen molar-refractivity contribution in [2.75, 3.05) is 31.1 Å². The summed E-state index contributed by atoms with van der Waals surface area (Å²) in [5.74, 6) is -4.00. The maximum atomic E-state index is 14.3. The number of hydrogen-bond donors (Lipinski definition) is 1. The lowest BCUT2D eigenvalue weighted by Crippen LogP contribution is -2.59. The van der Waals surface area contributed by atoms with Crippen molar-refractivity contribution in [3.63, 3.8) is 0 Å². The molecule has 0 saturated carbocycles. The van der Waals surface area contributed by atoms with Gasteiger partial charge in [0.05, 0.1) is 5.56 Å². The van der Waals surface area contributed by atoms with Gasteiger partial charge >= 0.3 is 0 Å². The van der Waals surface area contributed by atoms with Crippen LogP contribution in [0.25, 0.3) is 0 Å². The van der Waals surface area contributed by atoms with Crippen molar-refractivity contribution in [1.29, 1.82) is 0 Å². The average molecular weight is 363 g/mol. The van der Waals surface area contributed by atoms with Gasteiger partial charge in [0.25, 0.3) is 11.8 Å². The van der Waals surface area contributed by atoms with Crippen molar-refractivity contribution in [1.82, 2.24) is 10.2 Å². The van der Waals surface area contributed by atoms with E-state index in [2.05, 4.69) is 16.8 Å². The Morgan fingerprint density at radius 3 is 2.58 bits per heavy atom. The van der Waals surface area contributed by atoms with Crippen molar-refractivity contribution in [2.24, 2.45) is 0 Å². The molecular formula is C19H23F2N3O2. The SMILES string of the molecule is C=CC(=O)N1CCC(F)(F)[C@H](NC(=O)c2ccccc2N2CCCC2)C1. The summed E-state index contributed by atoms with van der Waals surface area (Å²) >= 11 is 0. The highest BCUT2D eigenvalue weighted by atomic mass is 19.3. The molecule has 2 saturated heterocycles. The zero-order valence-corrected chi connectivity index (χ0v) is 14.6. The average Bonchev–Trinajstić information content (AvgIpc) is 3.17. The van der Waals surface area contributed by atoms with Crippen LogP contribution < -0.4 is 10.2 Å². The van der Waals surface area contributed by atoms with Gasteiger partial charge in [-0.15, -0.1) is 0 Å². The first-order valence-corrected chi connectivity index (χ1v) is 8.86. The molecule has 1 atom stereocenters. The molecule has 0 radical (unpaired) electrons. The molecule has 1 aromatic rings. The largest absolute Gasteiger partial charge is 0.371 e. The second kappa shape index (κ2) is 7.43. The Morgan fingerprint density at radius 2 is 1.88 bits per heavy atom. The molecule has 2 heterocycles. The van der Waals surface area contributed by atoms with Crippen LogP contribution in [-0.4, -0.2) is 54.9 Å². The third kappa shape index (κ3) is 3.71. The quantitative estimate of drug-likeness (QED) is 0.836. The number of piperidine rings is 1. The van der Waals surface area contributed by atoms with E-state index in [1.54, 1.807) is 12.1 Å². The molecule has 0 spiro atoms. The predicted octanol–water partition coefficient (Wildman–Crippen LogP) is 2.44. The van der Waals surface area contributed by atoms with Gasteiger partial charge in [-0.25, -0.2) is 8.78 Å². The third-order valence-corrected chi connectivity index (χ3v) is 5.01. The summed E-state index contributed by atoms with van der Waals surface area (Å²) in [5.41, 5.74) is 1.15. The monoisotopic (exact) mass is 363 g/mol. The van der Waals surface area contributed by atoms with E-state index in [0.717, 1.165) is 37.7 Å². The lowest BCUT2D eigenvalue weighted by molar-refractivity contribution is -0.135. The van der Waals surface area contributed by atoms with E-state index in [1.807, 2.05) is 12.1 Å². The molecular weight excluding hydrogens is 340 g/mol. The number of halogens is 2. The first-order valence-electron chi connectivity index (χ1n) is 8.86. The van der Waals surface area contributed by atoms with Gasteiger partial charge < -0.3 is 15.1 Å². The molecule has 2 fully saturated rings. The molecule has 7 heteroatoms. The van der Waals surface area contributed by atoms with Gasteiger partial charge in [0.2, 0.25) is 5.91 Å². The molecule has 1 N–H and O–H groups in total. The van der Waals surface area contributed by atoms with E-state index in [-0.39, 0.29) is 13.1 Å². The van der Waals surface area contributed by atoms with Crippen molar-refractivity contribution in [2.45, 2.75) is 31.2 Å². The van der Waals surface area contributed by atoms with Gasteiger partial charge in [0, 0.05) is 38.3 Å². The van der Waals surface area contributed by atoms with Crippen LogP contribution in [0.2, 0.25) is 0 Å². The fraction of sp³-hybridized carbons (Fsp3) is 0.474. The number of rotatable bonds is 4. The molecule has 0 aromatic heterocycles. The molecule has 2 amide bonds. The van der Waals surface area contributed by atoms with Crippen LogP contribution in [0.5, 0.6) is 0 Å². The first-order chi connectivity index (χ1) is 12.4. The van der Waals surface area contributed by atoms with Crippen LogP contribution in [0.1, 0.15) is 29.6 Å². The third-order valence-electron chi connectivity index (χ3n) is 5.01. The summed E-state index contributed by atoms with van der Waals surface area (Å²) < 4.78 is 28.6. The first kappa shape index (κ1) is 18.4. The lowest BCUT2D eigenvalue weighted by Gasteiger charge is -2.38. The van der Waals surface area contributed by atoms with Gasteiger partial charge in [-0.05, 0) is 31.1 Å². The summed E-state index contributed by atoms with van der Waals surface area (Å²) in [7, 11) is 0. The predicted molar refractivity (Wildman–Crippen MR) is 95.5 cm³/mol. The van der Waals surface area contributed by atoms with E-state index in [1.165, 1.54) is 4.90 Å². The van der Waals surface area contributed by atoms with E-state index in [9.17, 15) is 18.4 Å². The highest BCUT2D eigenvalue weighted by molar-refractivity contribution is 6.00. The summed E-state index contributed by atoms with van der Waals surface area (Å²) in [4.78, 5) is 27.9. The lowest BCUT2D eigenvalue weighted by atomic mass is 10.00. The maximum Gasteiger partial charge on any atom is 0.271 e. The zero-order chi connectivity index (χ0) is 18.7. The van der Waals surface area contributed by atoms with Crippen molar-refractivity contribution in [3.8, 4) is 0 Å². The normalized spacial score (nSPS) is 22.2. The summed E-state index contributed by atoms with van der Waals surface area (Å²) in [6.07, 6.45) is 2.72. The number of carbonyl (C=O) groups excluding carboxylic acids is 2. The van der Waals surface area contributed by atoms with Gasteiger partial charge in [0.1, 0.15) is 6.04 Å². The van der Waals surface area contributed by atoms with Crippen LogP contribution in [0.4, 0.5) is 14.5 Å². The van der Waals surface area contributed by atoms with Crippen LogP contribution in [0.3, 0.4) is 0 Å². The van der Waals surface area contributed by atoms with Crippen LogP contribution in [0, 0.1) is 0 Å². The smallest absolute Gasteiger partial charge is 0.271 e. The number of para-hydroxylation sites is 1. The Labute approximate surface area is 151 Å². The van der Waals surface area contributed by atoms with Crippen molar-refractivity contribution < 1.29 is 18.4 Å². The number of nitrogens with zero attached hydrogens (tertiary/aromatic N) is 2. The molecule has 0 aliphatic carbocycles. The number of amides is 2. The number of carbonyl (C=O) groups is 2. The number of hydrogen-bond acceptors (Lipinski definition) is 3. The van der Waals surface area contributed by atoms with Gasteiger partial charge in [-0.2, -0.15) is 0 Å². The Balaban J connectivity index is 1.78. The number of alkyl halides is 2. The highest BCUT2D eigenvalue weighted by Gasteiger charge is 2.45. The number of benzene rings is 1. The zero-order valence-electron chi connectivity index (χ0n) is 14.6. The van der Waals surface area contributed by atoms with Crippen LogP contribution in [-0.2, 0) is 4.79 Å². The molecule has 2 aliphatic rings. The summed E-state index contributed by atoms with van der Waals surface area (Å²) in [5, 5.41) is 2.45. The maximum absolute atomic E-state index is 14.3. The number of nitrogens with one attached hydrogen (secondary N) is 1. The Hall–Kier alpha value is -2.44. The van der Waals surface area contributed by atoms with E-state index >= 15 is 0 Å².